The molecule has 0 saturated carbocycles. The predicted molar refractivity (Wildman–Crippen MR) is 82.3 cm³/mol. The maximum Gasteiger partial charge on any atom is 0.266 e. The molecule has 9 nitrogen and oxygen atoms in total. The van der Waals surface area contributed by atoms with Gasteiger partial charge < -0.3 is 25.4 Å². The van der Waals surface area contributed by atoms with E-state index in [2.05, 4.69) is 10.5 Å². The van der Waals surface area contributed by atoms with Gasteiger partial charge in [0.1, 0.15) is 5.71 Å². The van der Waals surface area contributed by atoms with Gasteiger partial charge in [0.15, 0.2) is 24.2 Å². The maximum absolute atomic E-state index is 11.8. The van der Waals surface area contributed by atoms with E-state index in [4.69, 9.17) is 25.3 Å². The molecule has 2 rings (SSSR count). The van der Waals surface area contributed by atoms with Crippen molar-refractivity contribution in [3.63, 3.8) is 0 Å². The van der Waals surface area contributed by atoms with Crippen molar-refractivity contribution in [2.75, 3.05) is 20.3 Å². The molecule has 1 aliphatic rings. The number of primary amides is 1. The van der Waals surface area contributed by atoms with Gasteiger partial charge in [-0.25, -0.2) is 0 Å². The van der Waals surface area contributed by atoms with Gasteiger partial charge in [-0.3, -0.25) is 9.59 Å². The zero-order valence-electron chi connectivity index (χ0n) is 12.9. The molecule has 0 bridgehead atoms. The van der Waals surface area contributed by atoms with Crippen molar-refractivity contribution in [3.8, 4) is 17.6 Å². The Morgan fingerprint density at radius 1 is 1.50 bits per heavy atom. The summed E-state index contributed by atoms with van der Waals surface area (Å²) >= 11 is 0. The van der Waals surface area contributed by atoms with E-state index >= 15 is 0 Å². The van der Waals surface area contributed by atoms with Crippen LogP contribution in [0.3, 0.4) is 0 Å². The summed E-state index contributed by atoms with van der Waals surface area (Å²) in [5.74, 6) is -0.304. The normalized spacial score (nSPS) is 15.7. The molecule has 9 heteroatoms. The Morgan fingerprint density at radius 2 is 2.29 bits per heavy atom. The molecular formula is C15H16N4O5. The van der Waals surface area contributed by atoms with Crippen LogP contribution in [0.5, 0.6) is 11.5 Å². The molecule has 0 unspecified atom stereocenters. The van der Waals surface area contributed by atoms with Crippen LogP contribution in [0, 0.1) is 11.3 Å². The number of nitrogens with one attached hydrogen (secondary N) is 1. The molecule has 0 aromatic heterocycles. The Bertz CT molecular complexity index is 710. The summed E-state index contributed by atoms with van der Waals surface area (Å²) in [5.41, 5.74) is 5.66. The van der Waals surface area contributed by atoms with E-state index in [0.29, 0.717) is 17.1 Å². The molecule has 1 aliphatic heterocycles. The molecule has 3 N–H and O–H groups in total. The first-order valence-electron chi connectivity index (χ1n) is 7.03. The quantitative estimate of drug-likeness (QED) is 0.703. The van der Waals surface area contributed by atoms with Crippen molar-refractivity contribution >= 4 is 17.5 Å². The summed E-state index contributed by atoms with van der Waals surface area (Å²) in [6.45, 7) is -0.0640. The van der Waals surface area contributed by atoms with Crippen LogP contribution in [0.25, 0.3) is 0 Å². The van der Waals surface area contributed by atoms with Gasteiger partial charge in [0.2, 0.25) is 0 Å². The van der Waals surface area contributed by atoms with Crippen molar-refractivity contribution < 1.29 is 23.9 Å². The van der Waals surface area contributed by atoms with Crippen LogP contribution in [0.15, 0.2) is 23.4 Å². The summed E-state index contributed by atoms with van der Waals surface area (Å²) < 4.78 is 10.5. The number of carbonyl (C=O) groups excluding carboxylic acids is 2. The molecule has 0 spiro atoms. The molecule has 1 atom stereocenters. The Labute approximate surface area is 138 Å². The van der Waals surface area contributed by atoms with E-state index in [9.17, 15) is 9.59 Å². The maximum atomic E-state index is 11.8. The number of amides is 2. The number of hydrogen-bond donors (Lipinski definition) is 2. The molecule has 126 valence electrons. The SMILES string of the molecule is COc1cc(C#N)ccc1OCC(=O)NC[C@H]1CC(C(N)=O)=NO1. The van der Waals surface area contributed by atoms with E-state index in [0.717, 1.165) is 0 Å². The van der Waals surface area contributed by atoms with Crippen LogP contribution in [-0.4, -0.2) is 43.9 Å². The first-order chi connectivity index (χ1) is 11.5. The summed E-state index contributed by atoms with van der Waals surface area (Å²) in [6.07, 6.45) is -0.180. The molecule has 24 heavy (non-hydrogen) atoms. The molecule has 1 aromatic carbocycles. The summed E-state index contributed by atoms with van der Waals surface area (Å²) in [6, 6.07) is 6.61. The number of nitrogens with two attached hydrogens (primary N) is 1. The van der Waals surface area contributed by atoms with E-state index in [1.165, 1.54) is 13.2 Å². The fourth-order valence-corrected chi connectivity index (χ4v) is 1.96. The first-order valence-corrected chi connectivity index (χ1v) is 7.03. The molecule has 2 amide bonds. The highest BCUT2D eigenvalue weighted by Crippen LogP contribution is 2.27. The average molecular weight is 332 g/mol. The lowest BCUT2D eigenvalue weighted by atomic mass is 10.2. The van der Waals surface area contributed by atoms with Gasteiger partial charge in [-0.15, -0.1) is 0 Å². The fraction of sp³-hybridized carbons (Fsp3) is 0.333. The van der Waals surface area contributed by atoms with Crippen LogP contribution in [0.2, 0.25) is 0 Å². The van der Waals surface area contributed by atoms with E-state index < -0.39 is 12.0 Å². The number of carbonyl (C=O) groups is 2. The van der Waals surface area contributed by atoms with Gasteiger partial charge in [0, 0.05) is 12.5 Å². The highest BCUT2D eigenvalue weighted by molar-refractivity contribution is 6.38. The van der Waals surface area contributed by atoms with Crippen molar-refractivity contribution in [2.24, 2.45) is 10.9 Å². The van der Waals surface area contributed by atoms with Crippen LogP contribution in [0.1, 0.15) is 12.0 Å². The van der Waals surface area contributed by atoms with Crippen LogP contribution >= 0.6 is 0 Å². The number of oxime groups is 1. The van der Waals surface area contributed by atoms with Crippen LogP contribution in [0.4, 0.5) is 0 Å². The minimum atomic E-state index is -0.639. The molecule has 1 heterocycles. The monoisotopic (exact) mass is 332 g/mol. The standard InChI is InChI=1S/C15H16N4O5/c1-22-13-4-9(6-16)2-3-12(13)23-8-14(20)18-7-10-5-11(15(17)21)19-24-10/h2-4,10H,5,7-8H2,1H3,(H2,17,21)(H,18,20)/t10-/m1/s1. The van der Waals surface area contributed by atoms with Gasteiger partial charge in [-0.2, -0.15) is 5.26 Å². The van der Waals surface area contributed by atoms with Gasteiger partial charge in [-0.05, 0) is 12.1 Å². The Hall–Kier alpha value is -3.28. The highest BCUT2D eigenvalue weighted by atomic mass is 16.6. The lowest BCUT2D eigenvalue weighted by molar-refractivity contribution is -0.123. The van der Waals surface area contributed by atoms with Crippen LogP contribution in [-0.2, 0) is 14.4 Å². The minimum absolute atomic E-state index is 0.146. The molecule has 0 radical (unpaired) electrons. The Kier molecular flexibility index (Phi) is 5.57. The van der Waals surface area contributed by atoms with E-state index in [1.807, 2.05) is 6.07 Å². The third kappa shape index (κ3) is 4.36. The smallest absolute Gasteiger partial charge is 0.266 e. The summed E-state index contributed by atoms with van der Waals surface area (Å²) in [5, 5.41) is 15.0. The predicted octanol–water partition coefficient (Wildman–Crippen LogP) is -0.308. The summed E-state index contributed by atoms with van der Waals surface area (Å²) in [7, 11) is 1.44. The van der Waals surface area contributed by atoms with Gasteiger partial charge in [0.05, 0.1) is 25.3 Å². The van der Waals surface area contributed by atoms with Crippen molar-refractivity contribution in [1.82, 2.24) is 5.32 Å². The number of rotatable bonds is 7. The number of methoxy groups -OCH3 is 1. The fourth-order valence-electron chi connectivity index (χ4n) is 1.96. The zero-order valence-corrected chi connectivity index (χ0v) is 12.9. The largest absolute Gasteiger partial charge is 0.493 e. The van der Waals surface area contributed by atoms with Crippen LogP contribution < -0.4 is 20.5 Å². The second kappa shape index (κ2) is 7.82. The van der Waals surface area contributed by atoms with Crippen molar-refractivity contribution in [2.45, 2.75) is 12.5 Å². The molecule has 1 aromatic rings. The Morgan fingerprint density at radius 3 is 2.92 bits per heavy atom. The molecular weight excluding hydrogens is 316 g/mol. The van der Waals surface area contributed by atoms with Gasteiger partial charge in [0.25, 0.3) is 11.8 Å². The minimum Gasteiger partial charge on any atom is -0.493 e. The van der Waals surface area contributed by atoms with Gasteiger partial charge >= 0.3 is 0 Å². The van der Waals surface area contributed by atoms with Crippen molar-refractivity contribution in [1.29, 1.82) is 5.26 Å². The highest BCUT2D eigenvalue weighted by Gasteiger charge is 2.24. The molecule has 0 saturated heterocycles. The molecule has 0 aliphatic carbocycles. The number of nitrogens with zero attached hydrogens (tertiary/aromatic N) is 2. The van der Waals surface area contributed by atoms with E-state index in [1.54, 1.807) is 12.1 Å². The first kappa shape index (κ1) is 17.1. The zero-order chi connectivity index (χ0) is 17.5. The Balaban J connectivity index is 1.78. The van der Waals surface area contributed by atoms with E-state index in [-0.39, 0.29) is 31.2 Å². The average Bonchev–Trinajstić information content (AvgIpc) is 3.07. The van der Waals surface area contributed by atoms with Gasteiger partial charge in [-0.1, -0.05) is 5.16 Å². The third-order valence-electron chi connectivity index (χ3n) is 3.20. The number of nitriles is 1. The lowest BCUT2D eigenvalue weighted by Gasteiger charge is -2.12. The second-order valence-corrected chi connectivity index (χ2v) is 4.90. The van der Waals surface area contributed by atoms with Crippen molar-refractivity contribution in [3.05, 3.63) is 23.8 Å². The lowest BCUT2D eigenvalue weighted by Crippen LogP contribution is -2.36. The second-order valence-electron chi connectivity index (χ2n) is 4.90. The number of ether oxygens (including phenoxy) is 2. The number of hydrogen-bond acceptors (Lipinski definition) is 7. The third-order valence-corrected chi connectivity index (χ3v) is 3.20. The number of benzene rings is 1. The topological polar surface area (TPSA) is 136 Å². The summed E-state index contributed by atoms with van der Waals surface area (Å²) in [4.78, 5) is 27.7. The molecule has 0 fully saturated rings.